The van der Waals surface area contributed by atoms with Gasteiger partial charge in [0, 0.05) is 0 Å². The third-order valence-corrected chi connectivity index (χ3v) is 2.27. The van der Waals surface area contributed by atoms with Crippen LogP contribution in [-0.2, 0) is 0 Å². The zero-order valence-corrected chi connectivity index (χ0v) is 9.39. The predicted octanol–water partition coefficient (Wildman–Crippen LogP) is 3.15. The molecule has 1 N–H and O–H groups in total. The van der Waals surface area contributed by atoms with Gasteiger partial charge < -0.3 is 5.32 Å². The number of hydrogen-bond acceptors (Lipinski definition) is 1. The average Bonchev–Trinajstić information content (AvgIpc) is 2.20. The van der Waals surface area contributed by atoms with Gasteiger partial charge in [-0.3, -0.25) is 0 Å². The highest BCUT2D eigenvalue weighted by Gasteiger charge is 1.95. The standard InChI is InChI=1S/C13H18FN/c1-3-15-9-5-4-6-12-7-8-13(14)10-11(12)2/h4,6-8,10,15H,3,5,9H2,1-2H3. The first-order chi connectivity index (χ1) is 7.24. The van der Waals surface area contributed by atoms with Crippen LogP contribution in [0.3, 0.4) is 0 Å². The molecular formula is C13H18FN. The van der Waals surface area contributed by atoms with Crippen molar-refractivity contribution in [3.63, 3.8) is 0 Å². The summed E-state index contributed by atoms with van der Waals surface area (Å²) >= 11 is 0. The molecule has 0 amide bonds. The molecule has 1 aromatic carbocycles. The highest BCUT2D eigenvalue weighted by Crippen LogP contribution is 2.11. The highest BCUT2D eigenvalue weighted by molar-refractivity contribution is 5.53. The molecule has 0 saturated heterocycles. The molecule has 0 aliphatic heterocycles. The van der Waals surface area contributed by atoms with Gasteiger partial charge in [-0.05, 0) is 49.7 Å². The SMILES string of the molecule is CCNCCC=Cc1ccc(F)cc1C. The molecule has 0 bridgehead atoms. The molecule has 1 nitrogen and oxygen atoms in total. The van der Waals surface area contributed by atoms with Crippen LogP contribution < -0.4 is 5.32 Å². The molecule has 0 spiro atoms. The second-order valence-corrected chi connectivity index (χ2v) is 3.55. The fraction of sp³-hybridized carbons (Fsp3) is 0.385. The second-order valence-electron chi connectivity index (χ2n) is 3.55. The summed E-state index contributed by atoms with van der Waals surface area (Å²) in [6.45, 7) is 6.01. The van der Waals surface area contributed by atoms with Crippen molar-refractivity contribution in [3.8, 4) is 0 Å². The first-order valence-electron chi connectivity index (χ1n) is 5.37. The number of nitrogens with one attached hydrogen (secondary N) is 1. The van der Waals surface area contributed by atoms with E-state index in [2.05, 4.69) is 18.3 Å². The third kappa shape index (κ3) is 4.26. The summed E-state index contributed by atoms with van der Waals surface area (Å²) in [4.78, 5) is 0. The zero-order valence-electron chi connectivity index (χ0n) is 9.39. The maximum Gasteiger partial charge on any atom is 0.123 e. The number of hydrogen-bond donors (Lipinski definition) is 1. The van der Waals surface area contributed by atoms with Crippen LogP contribution in [0, 0.1) is 12.7 Å². The minimum Gasteiger partial charge on any atom is -0.317 e. The Bertz CT molecular complexity index is 331. The molecule has 0 unspecified atom stereocenters. The lowest BCUT2D eigenvalue weighted by Gasteiger charge is -2.00. The van der Waals surface area contributed by atoms with Crippen molar-refractivity contribution >= 4 is 6.08 Å². The molecule has 82 valence electrons. The largest absolute Gasteiger partial charge is 0.317 e. The third-order valence-electron chi connectivity index (χ3n) is 2.27. The van der Waals surface area contributed by atoms with Gasteiger partial charge in [-0.2, -0.15) is 0 Å². The summed E-state index contributed by atoms with van der Waals surface area (Å²) in [6.07, 6.45) is 5.17. The highest BCUT2D eigenvalue weighted by atomic mass is 19.1. The minimum absolute atomic E-state index is 0.169. The average molecular weight is 207 g/mol. The van der Waals surface area contributed by atoms with Crippen LogP contribution in [0.4, 0.5) is 4.39 Å². The zero-order chi connectivity index (χ0) is 11.1. The molecule has 0 aliphatic rings. The van der Waals surface area contributed by atoms with Crippen LogP contribution in [0.2, 0.25) is 0 Å². The summed E-state index contributed by atoms with van der Waals surface area (Å²) in [5.41, 5.74) is 2.07. The van der Waals surface area contributed by atoms with E-state index >= 15 is 0 Å². The van der Waals surface area contributed by atoms with E-state index in [1.807, 2.05) is 19.1 Å². The van der Waals surface area contributed by atoms with Crippen molar-refractivity contribution in [1.29, 1.82) is 0 Å². The van der Waals surface area contributed by atoms with Gasteiger partial charge in [-0.1, -0.05) is 25.1 Å². The van der Waals surface area contributed by atoms with Crippen molar-refractivity contribution in [2.45, 2.75) is 20.3 Å². The van der Waals surface area contributed by atoms with Crippen molar-refractivity contribution in [1.82, 2.24) is 5.32 Å². The summed E-state index contributed by atoms with van der Waals surface area (Å²) in [6, 6.07) is 4.87. The molecule has 0 aromatic heterocycles. The fourth-order valence-electron chi connectivity index (χ4n) is 1.40. The van der Waals surface area contributed by atoms with E-state index < -0.39 is 0 Å². The fourth-order valence-corrected chi connectivity index (χ4v) is 1.40. The molecule has 1 aromatic rings. The Balaban J connectivity index is 2.49. The first-order valence-corrected chi connectivity index (χ1v) is 5.37. The van der Waals surface area contributed by atoms with Gasteiger partial charge in [0.15, 0.2) is 0 Å². The Morgan fingerprint density at radius 3 is 2.87 bits per heavy atom. The monoisotopic (exact) mass is 207 g/mol. The van der Waals surface area contributed by atoms with E-state index in [9.17, 15) is 4.39 Å². The molecule has 0 fully saturated rings. The Labute approximate surface area is 91.0 Å². The lowest BCUT2D eigenvalue weighted by atomic mass is 10.1. The van der Waals surface area contributed by atoms with Crippen LogP contribution in [0.5, 0.6) is 0 Å². The van der Waals surface area contributed by atoms with Crippen LogP contribution in [-0.4, -0.2) is 13.1 Å². The van der Waals surface area contributed by atoms with Gasteiger partial charge in [0.05, 0.1) is 0 Å². The lowest BCUT2D eigenvalue weighted by Crippen LogP contribution is -2.12. The van der Waals surface area contributed by atoms with E-state index in [0.717, 1.165) is 30.6 Å². The van der Waals surface area contributed by atoms with E-state index in [1.54, 1.807) is 6.07 Å². The Morgan fingerprint density at radius 1 is 1.40 bits per heavy atom. The molecule has 0 aliphatic carbocycles. The van der Waals surface area contributed by atoms with E-state index in [-0.39, 0.29) is 5.82 Å². The summed E-state index contributed by atoms with van der Waals surface area (Å²) in [5.74, 6) is -0.169. The van der Waals surface area contributed by atoms with Crippen LogP contribution in [0.1, 0.15) is 24.5 Å². The van der Waals surface area contributed by atoms with Gasteiger partial charge in [-0.15, -0.1) is 0 Å². The van der Waals surface area contributed by atoms with Gasteiger partial charge >= 0.3 is 0 Å². The van der Waals surface area contributed by atoms with Crippen molar-refractivity contribution in [2.75, 3.05) is 13.1 Å². The van der Waals surface area contributed by atoms with Gasteiger partial charge in [-0.25, -0.2) is 4.39 Å². The Hall–Kier alpha value is -1.15. The van der Waals surface area contributed by atoms with E-state index in [0.29, 0.717) is 0 Å². The molecule has 0 atom stereocenters. The maximum absolute atomic E-state index is 12.8. The molecule has 15 heavy (non-hydrogen) atoms. The van der Waals surface area contributed by atoms with Crippen molar-refractivity contribution in [3.05, 3.63) is 41.2 Å². The lowest BCUT2D eigenvalue weighted by molar-refractivity contribution is 0.626. The predicted molar refractivity (Wildman–Crippen MR) is 63.3 cm³/mol. The quantitative estimate of drug-likeness (QED) is 0.731. The van der Waals surface area contributed by atoms with Crippen LogP contribution in [0.15, 0.2) is 24.3 Å². The normalized spacial score (nSPS) is 11.1. The molecule has 0 saturated carbocycles. The number of rotatable bonds is 5. The molecule has 2 heteroatoms. The Kier molecular flexibility index (Phi) is 5.05. The molecule has 1 rings (SSSR count). The molecule has 0 radical (unpaired) electrons. The minimum atomic E-state index is -0.169. The van der Waals surface area contributed by atoms with Crippen LogP contribution >= 0.6 is 0 Å². The molecular weight excluding hydrogens is 189 g/mol. The van der Waals surface area contributed by atoms with Gasteiger partial charge in [0.2, 0.25) is 0 Å². The van der Waals surface area contributed by atoms with Crippen LogP contribution in [0.25, 0.3) is 6.08 Å². The van der Waals surface area contributed by atoms with Crippen molar-refractivity contribution < 1.29 is 4.39 Å². The second kappa shape index (κ2) is 6.36. The summed E-state index contributed by atoms with van der Waals surface area (Å²) < 4.78 is 12.8. The van der Waals surface area contributed by atoms with Gasteiger partial charge in [0.1, 0.15) is 5.82 Å². The Morgan fingerprint density at radius 2 is 2.20 bits per heavy atom. The molecule has 0 heterocycles. The topological polar surface area (TPSA) is 12.0 Å². The summed E-state index contributed by atoms with van der Waals surface area (Å²) in [5, 5.41) is 3.25. The summed E-state index contributed by atoms with van der Waals surface area (Å²) in [7, 11) is 0. The number of halogens is 1. The number of benzene rings is 1. The number of aryl methyl sites for hydroxylation is 1. The van der Waals surface area contributed by atoms with E-state index in [4.69, 9.17) is 0 Å². The first kappa shape index (κ1) is 11.9. The van der Waals surface area contributed by atoms with E-state index in [1.165, 1.54) is 6.07 Å². The van der Waals surface area contributed by atoms with Gasteiger partial charge in [0.25, 0.3) is 0 Å². The maximum atomic E-state index is 12.8. The van der Waals surface area contributed by atoms with Crippen molar-refractivity contribution in [2.24, 2.45) is 0 Å². The smallest absolute Gasteiger partial charge is 0.123 e.